The Kier molecular flexibility index (Phi) is 6.09. The van der Waals surface area contributed by atoms with Gasteiger partial charge in [-0.3, -0.25) is 5.10 Å². The van der Waals surface area contributed by atoms with Gasteiger partial charge in [0, 0.05) is 12.2 Å². The minimum Gasteiger partial charge on any atom is -0.496 e. The largest absolute Gasteiger partial charge is 0.496 e. The highest BCUT2D eigenvalue weighted by Gasteiger charge is 2.10. The number of aromatic nitrogens is 2. The third-order valence-corrected chi connectivity index (χ3v) is 4.30. The number of hydrogen-bond donors (Lipinski definition) is 3. The maximum absolute atomic E-state index is 10.2. The number of aromatic amines is 1. The van der Waals surface area contributed by atoms with Crippen LogP contribution in [0, 0.1) is 6.92 Å². The summed E-state index contributed by atoms with van der Waals surface area (Å²) < 4.78 is 11.1. The van der Waals surface area contributed by atoms with Crippen LogP contribution in [0.25, 0.3) is 10.9 Å². The van der Waals surface area contributed by atoms with Gasteiger partial charge in [0.25, 0.3) is 0 Å². The van der Waals surface area contributed by atoms with E-state index < -0.39 is 6.10 Å². The summed E-state index contributed by atoms with van der Waals surface area (Å²) in [6.07, 6.45) is 0.251. The van der Waals surface area contributed by atoms with Crippen LogP contribution in [0.3, 0.4) is 0 Å². The number of aryl methyl sites for hydroxylation is 1. The number of fused-ring (bicyclic) bond motifs is 1. The quantitative estimate of drug-likeness (QED) is 0.514. The number of hydrogen-bond acceptors (Lipinski definition) is 5. The fourth-order valence-corrected chi connectivity index (χ4v) is 2.96. The second kappa shape index (κ2) is 8.69. The van der Waals surface area contributed by atoms with Gasteiger partial charge in [0.2, 0.25) is 0 Å². The summed E-state index contributed by atoms with van der Waals surface area (Å²) in [6.45, 7) is 3.41. The third kappa shape index (κ3) is 4.33. The van der Waals surface area contributed by atoms with Gasteiger partial charge in [0.05, 0.1) is 18.0 Å². The van der Waals surface area contributed by atoms with E-state index in [1.165, 1.54) is 0 Å². The van der Waals surface area contributed by atoms with Crippen molar-refractivity contribution in [3.8, 4) is 11.5 Å². The molecule has 1 heterocycles. The second-order valence-corrected chi connectivity index (χ2v) is 6.23. The molecule has 2 aromatic carbocycles. The maximum atomic E-state index is 10.2. The van der Waals surface area contributed by atoms with E-state index in [9.17, 15) is 5.11 Å². The zero-order valence-corrected chi connectivity index (χ0v) is 15.2. The van der Waals surface area contributed by atoms with Gasteiger partial charge in [-0.15, -0.1) is 0 Å². The van der Waals surface area contributed by atoms with Crippen molar-refractivity contribution in [2.24, 2.45) is 0 Å². The predicted octanol–water partition coefficient (Wildman–Crippen LogP) is 2.45. The van der Waals surface area contributed by atoms with Crippen molar-refractivity contribution in [3.05, 3.63) is 53.7 Å². The number of ether oxygens (including phenoxy) is 2. The van der Waals surface area contributed by atoms with E-state index in [0.717, 1.165) is 46.6 Å². The summed E-state index contributed by atoms with van der Waals surface area (Å²) in [7, 11) is 1.68. The molecule has 0 fully saturated rings. The molecular formula is C20H25N3O3. The average molecular weight is 355 g/mol. The van der Waals surface area contributed by atoms with Crippen LogP contribution in [0.5, 0.6) is 11.5 Å². The summed E-state index contributed by atoms with van der Waals surface area (Å²) in [4.78, 5) is 0. The molecule has 0 unspecified atom stereocenters. The zero-order chi connectivity index (χ0) is 18.4. The highest BCUT2D eigenvalue weighted by molar-refractivity contribution is 5.87. The molecule has 0 aliphatic heterocycles. The predicted molar refractivity (Wildman–Crippen MR) is 102 cm³/mol. The lowest BCUT2D eigenvalue weighted by Gasteiger charge is -2.14. The van der Waals surface area contributed by atoms with Crippen molar-refractivity contribution in [2.75, 3.05) is 26.8 Å². The molecule has 138 valence electrons. The lowest BCUT2D eigenvalue weighted by molar-refractivity contribution is 0.107. The van der Waals surface area contributed by atoms with Crippen molar-refractivity contribution < 1.29 is 14.6 Å². The van der Waals surface area contributed by atoms with Gasteiger partial charge in [-0.05, 0) is 43.7 Å². The molecule has 0 saturated carbocycles. The molecule has 1 aromatic heterocycles. The number of rotatable bonds is 9. The van der Waals surface area contributed by atoms with E-state index in [4.69, 9.17) is 9.47 Å². The number of nitrogens with one attached hydrogen (secondary N) is 2. The molecule has 6 nitrogen and oxygen atoms in total. The normalized spacial score (nSPS) is 12.3. The molecular weight excluding hydrogens is 330 g/mol. The Morgan fingerprint density at radius 1 is 1.15 bits per heavy atom. The van der Waals surface area contributed by atoms with Gasteiger partial charge in [0.1, 0.15) is 24.2 Å². The number of aliphatic hydroxyl groups excluding tert-OH is 1. The molecule has 3 rings (SSSR count). The van der Waals surface area contributed by atoms with E-state index in [0.29, 0.717) is 6.54 Å². The Balaban J connectivity index is 1.44. The smallest absolute Gasteiger partial charge is 0.130 e. The van der Waals surface area contributed by atoms with E-state index in [1.807, 2.05) is 49.4 Å². The molecule has 0 amide bonds. The SMILES string of the molecule is COc1ccccc1CCNC[C@H](O)COc1cccc2n[nH]c(C)c12. The lowest BCUT2D eigenvalue weighted by Crippen LogP contribution is -2.32. The first kappa shape index (κ1) is 18.2. The van der Waals surface area contributed by atoms with Gasteiger partial charge in [-0.25, -0.2) is 0 Å². The second-order valence-electron chi connectivity index (χ2n) is 6.23. The molecule has 26 heavy (non-hydrogen) atoms. The molecule has 0 saturated heterocycles. The van der Waals surface area contributed by atoms with Crippen LogP contribution < -0.4 is 14.8 Å². The first-order valence-electron chi connectivity index (χ1n) is 8.76. The number of methoxy groups -OCH3 is 1. The zero-order valence-electron chi connectivity index (χ0n) is 15.2. The molecule has 0 aliphatic rings. The van der Waals surface area contributed by atoms with E-state index in [2.05, 4.69) is 15.5 Å². The summed E-state index contributed by atoms with van der Waals surface area (Å²) >= 11 is 0. The molecule has 0 spiro atoms. The Morgan fingerprint density at radius 3 is 2.81 bits per heavy atom. The fourth-order valence-electron chi connectivity index (χ4n) is 2.96. The van der Waals surface area contributed by atoms with Crippen molar-refractivity contribution in [3.63, 3.8) is 0 Å². The number of benzene rings is 2. The number of nitrogens with zero attached hydrogens (tertiary/aromatic N) is 1. The van der Waals surface area contributed by atoms with Crippen LogP contribution in [0.15, 0.2) is 42.5 Å². The van der Waals surface area contributed by atoms with Crippen LogP contribution in [-0.2, 0) is 6.42 Å². The minimum absolute atomic E-state index is 0.228. The highest BCUT2D eigenvalue weighted by Crippen LogP contribution is 2.26. The van der Waals surface area contributed by atoms with Crippen molar-refractivity contribution in [1.29, 1.82) is 0 Å². The Hall–Kier alpha value is -2.57. The Labute approximate surface area is 153 Å². The first-order valence-corrected chi connectivity index (χ1v) is 8.76. The number of aliphatic hydroxyl groups is 1. The standard InChI is InChI=1S/C20H25N3O3/c1-14-20-17(23-22-14)7-5-9-19(20)26-13-16(24)12-21-11-10-15-6-3-4-8-18(15)25-2/h3-9,16,21,24H,10-13H2,1-2H3,(H,22,23)/t16-/m0/s1. The fraction of sp³-hybridized carbons (Fsp3) is 0.350. The van der Waals surface area contributed by atoms with Gasteiger partial charge in [-0.2, -0.15) is 5.10 Å². The number of para-hydroxylation sites is 1. The lowest BCUT2D eigenvalue weighted by atomic mass is 10.1. The van der Waals surface area contributed by atoms with E-state index in [-0.39, 0.29) is 6.61 Å². The van der Waals surface area contributed by atoms with E-state index >= 15 is 0 Å². The first-order chi connectivity index (χ1) is 12.7. The van der Waals surface area contributed by atoms with Crippen LogP contribution in [0.2, 0.25) is 0 Å². The molecule has 0 radical (unpaired) electrons. The van der Waals surface area contributed by atoms with Gasteiger partial charge in [-0.1, -0.05) is 24.3 Å². The molecule has 6 heteroatoms. The summed E-state index contributed by atoms with van der Waals surface area (Å²) in [5.74, 6) is 1.63. The molecule has 0 aliphatic carbocycles. The molecule has 0 bridgehead atoms. The summed E-state index contributed by atoms with van der Waals surface area (Å²) in [6, 6.07) is 13.7. The average Bonchev–Trinajstić information content (AvgIpc) is 3.05. The van der Waals surface area contributed by atoms with Crippen molar-refractivity contribution in [2.45, 2.75) is 19.4 Å². The highest BCUT2D eigenvalue weighted by atomic mass is 16.5. The topological polar surface area (TPSA) is 79.4 Å². The third-order valence-electron chi connectivity index (χ3n) is 4.30. The summed E-state index contributed by atoms with van der Waals surface area (Å²) in [5, 5.41) is 21.6. The maximum Gasteiger partial charge on any atom is 0.130 e. The molecule has 1 atom stereocenters. The van der Waals surface area contributed by atoms with Crippen LogP contribution >= 0.6 is 0 Å². The van der Waals surface area contributed by atoms with Crippen LogP contribution in [0.4, 0.5) is 0 Å². The van der Waals surface area contributed by atoms with Crippen LogP contribution in [-0.4, -0.2) is 48.2 Å². The van der Waals surface area contributed by atoms with Crippen LogP contribution in [0.1, 0.15) is 11.3 Å². The van der Waals surface area contributed by atoms with Gasteiger partial charge >= 0.3 is 0 Å². The van der Waals surface area contributed by atoms with Crippen molar-refractivity contribution in [1.82, 2.24) is 15.5 Å². The van der Waals surface area contributed by atoms with Gasteiger partial charge < -0.3 is 19.9 Å². The Bertz CT molecular complexity index is 847. The van der Waals surface area contributed by atoms with Crippen molar-refractivity contribution >= 4 is 10.9 Å². The minimum atomic E-state index is -0.588. The Morgan fingerprint density at radius 2 is 1.96 bits per heavy atom. The summed E-state index contributed by atoms with van der Waals surface area (Å²) in [5.41, 5.74) is 2.97. The van der Waals surface area contributed by atoms with Gasteiger partial charge in [0.15, 0.2) is 0 Å². The van der Waals surface area contributed by atoms with E-state index in [1.54, 1.807) is 7.11 Å². The molecule has 3 aromatic rings. The monoisotopic (exact) mass is 355 g/mol. The molecule has 3 N–H and O–H groups in total. The number of H-pyrrole nitrogens is 1.